The van der Waals surface area contributed by atoms with Gasteiger partial charge in [0.25, 0.3) is 0 Å². The zero-order chi connectivity index (χ0) is 28.7. The van der Waals surface area contributed by atoms with E-state index in [2.05, 4.69) is 139 Å². The van der Waals surface area contributed by atoms with Gasteiger partial charge in [0.05, 0.1) is 0 Å². The fourth-order valence-corrected chi connectivity index (χ4v) is 12.3. The van der Waals surface area contributed by atoms with Gasteiger partial charge in [-0.05, 0) is 136 Å². The first-order valence-corrected chi connectivity index (χ1v) is 17.6. The minimum absolute atomic E-state index is 0.404. The lowest BCUT2D eigenvalue weighted by Gasteiger charge is -2.57. The summed E-state index contributed by atoms with van der Waals surface area (Å²) in [5, 5.41) is 0. The van der Waals surface area contributed by atoms with E-state index < -0.39 is 10.0 Å². The average Bonchev–Trinajstić information content (AvgIpc) is 3.03. The predicted molar refractivity (Wildman–Crippen MR) is 179 cm³/mol. The number of anilines is 2. The second-order valence-corrected chi connectivity index (χ2v) is 15.8. The summed E-state index contributed by atoms with van der Waals surface area (Å²) in [6.45, 7) is 8.62. The van der Waals surface area contributed by atoms with Gasteiger partial charge in [-0.2, -0.15) is 0 Å². The highest BCUT2D eigenvalue weighted by atomic mass is 32.3. The molecule has 42 heavy (non-hydrogen) atoms. The number of rotatable bonds is 9. The van der Waals surface area contributed by atoms with Gasteiger partial charge in [-0.3, -0.25) is 0 Å². The first kappa shape index (κ1) is 27.4. The van der Waals surface area contributed by atoms with Crippen molar-refractivity contribution in [2.24, 2.45) is 11.8 Å². The highest BCUT2D eigenvalue weighted by molar-refractivity contribution is 8.34. The van der Waals surface area contributed by atoms with E-state index in [1.54, 1.807) is 0 Å². The maximum Gasteiger partial charge on any atom is 0.0409 e. The molecule has 216 valence electrons. The van der Waals surface area contributed by atoms with Crippen LogP contribution < -0.4 is 9.80 Å². The van der Waals surface area contributed by atoms with Crippen LogP contribution in [0.25, 0.3) is 0 Å². The third kappa shape index (κ3) is 4.57. The van der Waals surface area contributed by atoms with Crippen molar-refractivity contribution >= 4 is 21.4 Å². The van der Waals surface area contributed by atoms with Crippen molar-refractivity contribution in [3.05, 3.63) is 122 Å². The number of hydrogen-bond donors (Lipinski definition) is 0. The van der Waals surface area contributed by atoms with Gasteiger partial charge in [0.15, 0.2) is 0 Å². The average molecular weight is 573 g/mol. The molecule has 4 aromatic carbocycles. The van der Waals surface area contributed by atoms with Gasteiger partial charge in [-0.15, -0.1) is 10.0 Å². The van der Waals surface area contributed by atoms with E-state index in [-0.39, 0.29) is 0 Å². The molecule has 2 saturated carbocycles. The van der Waals surface area contributed by atoms with Crippen LogP contribution in [0, 0.1) is 11.8 Å². The Bertz CT molecular complexity index is 1430. The third-order valence-corrected chi connectivity index (χ3v) is 14.2. The molecule has 0 amide bonds. The maximum absolute atomic E-state index is 4.12. The van der Waals surface area contributed by atoms with E-state index in [1.807, 2.05) is 6.20 Å². The first-order chi connectivity index (χ1) is 20.6. The smallest absolute Gasteiger partial charge is 0.0409 e. The summed E-state index contributed by atoms with van der Waals surface area (Å²) in [5.41, 5.74) is 2.62. The molecule has 2 aliphatic carbocycles. The summed E-state index contributed by atoms with van der Waals surface area (Å²) in [7, 11) is -1.72. The van der Waals surface area contributed by atoms with Crippen LogP contribution in [0.15, 0.2) is 142 Å². The molecule has 0 radical (unpaired) electrons. The van der Waals surface area contributed by atoms with E-state index >= 15 is 0 Å². The second-order valence-electron chi connectivity index (χ2n) is 12.7. The lowest BCUT2D eigenvalue weighted by Crippen LogP contribution is -2.58. The molecule has 2 aliphatic heterocycles. The van der Waals surface area contributed by atoms with E-state index in [0.717, 1.165) is 30.3 Å². The Morgan fingerprint density at radius 3 is 1.60 bits per heavy atom. The summed E-state index contributed by atoms with van der Waals surface area (Å²) in [6, 6.07) is 43.4. The van der Waals surface area contributed by atoms with E-state index in [1.165, 1.54) is 63.1 Å². The van der Waals surface area contributed by atoms with Gasteiger partial charge in [-0.25, -0.2) is 0 Å². The van der Waals surface area contributed by atoms with Crippen molar-refractivity contribution in [2.75, 3.05) is 9.80 Å². The summed E-state index contributed by atoms with van der Waals surface area (Å²) in [5.74, 6) is 1.94. The monoisotopic (exact) mass is 572 g/mol. The first-order valence-electron chi connectivity index (χ1n) is 15.9. The predicted octanol–water partition coefficient (Wildman–Crippen LogP) is 10.5. The molecule has 2 nitrogen and oxygen atoms in total. The topological polar surface area (TPSA) is 6.48 Å². The van der Waals surface area contributed by atoms with Crippen LogP contribution in [-0.2, 0) is 0 Å². The summed E-state index contributed by atoms with van der Waals surface area (Å²) < 4.78 is 0. The highest BCUT2D eigenvalue weighted by Gasteiger charge is 2.47. The molecule has 4 bridgehead atoms. The molecule has 1 unspecified atom stereocenters. The summed E-state index contributed by atoms with van der Waals surface area (Å²) in [6.07, 6.45) is 10.1. The molecular weight excluding hydrogens is 529 g/mol. The van der Waals surface area contributed by atoms with Crippen LogP contribution in [-0.4, -0.2) is 18.1 Å². The number of benzene rings is 4. The van der Waals surface area contributed by atoms with Crippen LogP contribution in [0.4, 0.5) is 11.4 Å². The Balaban J connectivity index is 1.35. The van der Waals surface area contributed by atoms with Crippen molar-refractivity contribution in [1.82, 2.24) is 0 Å². The van der Waals surface area contributed by atoms with Gasteiger partial charge in [0, 0.05) is 49.1 Å². The SMILES string of the molecule is C=CN(c1ccc(S(c2ccccc2)(c2ccccc2)c2ccc(N3C4CC5CC(C4)CC3C5)cc2)cc1)C(C)CC. The molecule has 0 N–H and O–H groups in total. The summed E-state index contributed by atoms with van der Waals surface area (Å²) in [4.78, 5) is 10.6. The van der Waals surface area contributed by atoms with Crippen LogP contribution in [0.2, 0.25) is 0 Å². The standard InChI is InChI=1S/C39H44N2S/c1-4-29(3)40(5-2)32-16-20-38(21-17-32)42(36-12-8-6-9-13-36,37-14-10-7-11-15-37)39-22-18-33(19-23-39)41-34-25-30-24-31(27-34)28-35(41)26-30/h5-23,29-31,34-35H,2,4,24-28H2,1,3H3. The van der Waals surface area contributed by atoms with E-state index in [0.29, 0.717) is 6.04 Å². The van der Waals surface area contributed by atoms with Crippen molar-refractivity contribution in [3.63, 3.8) is 0 Å². The quantitative estimate of drug-likeness (QED) is 0.197. The van der Waals surface area contributed by atoms with E-state index in [9.17, 15) is 0 Å². The van der Waals surface area contributed by atoms with Gasteiger partial charge >= 0.3 is 0 Å². The lowest BCUT2D eigenvalue weighted by molar-refractivity contribution is 0.0900. The molecule has 1 atom stereocenters. The van der Waals surface area contributed by atoms with Crippen LogP contribution in [0.1, 0.15) is 52.4 Å². The van der Waals surface area contributed by atoms with Crippen molar-refractivity contribution in [1.29, 1.82) is 0 Å². The van der Waals surface area contributed by atoms with E-state index in [4.69, 9.17) is 0 Å². The van der Waals surface area contributed by atoms with Crippen LogP contribution in [0.3, 0.4) is 0 Å². The maximum atomic E-state index is 4.12. The Morgan fingerprint density at radius 2 is 1.14 bits per heavy atom. The third-order valence-electron chi connectivity index (χ3n) is 10.3. The van der Waals surface area contributed by atoms with Gasteiger partial charge in [0.1, 0.15) is 0 Å². The van der Waals surface area contributed by atoms with Crippen molar-refractivity contribution < 1.29 is 0 Å². The van der Waals surface area contributed by atoms with Gasteiger partial charge in [-0.1, -0.05) is 49.9 Å². The lowest BCUT2D eigenvalue weighted by atomic mass is 9.63. The second kappa shape index (κ2) is 11.3. The van der Waals surface area contributed by atoms with Gasteiger partial charge in [0.2, 0.25) is 0 Å². The number of hydrogen-bond acceptors (Lipinski definition) is 2. The summed E-state index contributed by atoms with van der Waals surface area (Å²) >= 11 is 0. The Kier molecular flexibility index (Phi) is 7.40. The van der Waals surface area contributed by atoms with Crippen molar-refractivity contribution in [2.45, 2.75) is 90.1 Å². The molecule has 2 saturated heterocycles. The molecule has 0 aromatic heterocycles. The normalized spacial score (nSPS) is 23.9. The molecular formula is C39H44N2S. The molecule has 0 spiro atoms. The van der Waals surface area contributed by atoms with Gasteiger partial charge < -0.3 is 9.80 Å². The zero-order valence-corrected chi connectivity index (χ0v) is 25.9. The number of piperidine rings is 2. The van der Waals surface area contributed by atoms with Crippen molar-refractivity contribution in [3.8, 4) is 0 Å². The minimum atomic E-state index is -1.72. The molecule has 4 fully saturated rings. The fraction of sp³-hybridized carbons (Fsp3) is 0.333. The van der Waals surface area contributed by atoms with Crippen LogP contribution >= 0.6 is 10.0 Å². The Hall–Kier alpha value is -3.43. The zero-order valence-electron chi connectivity index (χ0n) is 25.1. The molecule has 2 heterocycles. The highest BCUT2D eigenvalue weighted by Crippen LogP contribution is 2.73. The Labute approximate surface area is 254 Å². The Morgan fingerprint density at radius 1 is 0.690 bits per heavy atom. The molecule has 3 heteroatoms. The molecule has 8 rings (SSSR count). The molecule has 4 aliphatic rings. The molecule has 4 aromatic rings. The largest absolute Gasteiger partial charge is 0.366 e. The minimum Gasteiger partial charge on any atom is -0.366 e. The fourth-order valence-electron chi connectivity index (χ4n) is 8.40. The van der Waals surface area contributed by atoms with Crippen LogP contribution in [0.5, 0.6) is 0 Å². The number of nitrogens with zero attached hydrogens (tertiary/aromatic N) is 2.